The topological polar surface area (TPSA) is 63.6 Å². The fraction of sp³-hybridized carbons (Fsp3) is 0.385. The first-order chi connectivity index (χ1) is 8.09. The Hall–Kier alpha value is -1.84. The van der Waals surface area contributed by atoms with Crippen LogP contribution in [0.3, 0.4) is 0 Å². The van der Waals surface area contributed by atoms with Crippen LogP contribution in [0, 0.1) is 5.92 Å². The van der Waals surface area contributed by atoms with E-state index in [1.165, 1.54) is 0 Å². The summed E-state index contributed by atoms with van der Waals surface area (Å²) in [6.45, 7) is 1.81. The van der Waals surface area contributed by atoms with Crippen LogP contribution in [0.2, 0.25) is 0 Å². The zero-order chi connectivity index (χ0) is 12.7. The smallest absolute Gasteiger partial charge is 0.306 e. The highest BCUT2D eigenvalue weighted by atomic mass is 16.5. The van der Waals surface area contributed by atoms with Crippen LogP contribution in [0.5, 0.6) is 0 Å². The molecule has 0 radical (unpaired) electrons. The Morgan fingerprint density at radius 2 is 1.94 bits per heavy atom. The van der Waals surface area contributed by atoms with Gasteiger partial charge in [0, 0.05) is 6.42 Å². The highest BCUT2D eigenvalue weighted by molar-refractivity contribution is 5.72. The van der Waals surface area contributed by atoms with E-state index < -0.39 is 11.9 Å². The molecule has 0 bridgehead atoms. The first-order valence-corrected chi connectivity index (χ1v) is 5.52. The second kappa shape index (κ2) is 6.68. The van der Waals surface area contributed by atoms with Crippen molar-refractivity contribution in [1.82, 2.24) is 0 Å². The Balaban J connectivity index is 2.24. The molecule has 0 fully saturated rings. The second-order valence-corrected chi connectivity index (χ2v) is 3.92. The molecule has 4 heteroatoms. The number of ether oxygens (including phenoxy) is 1. The van der Waals surface area contributed by atoms with Gasteiger partial charge in [-0.1, -0.05) is 37.3 Å². The molecule has 1 aromatic rings. The molecule has 0 aliphatic heterocycles. The molecule has 0 saturated carbocycles. The van der Waals surface area contributed by atoms with Crippen molar-refractivity contribution in [1.29, 1.82) is 0 Å². The minimum Gasteiger partial charge on any atom is -0.481 e. The van der Waals surface area contributed by atoms with E-state index in [0.29, 0.717) is 6.42 Å². The summed E-state index contributed by atoms with van der Waals surface area (Å²) in [5, 5.41) is 8.65. The van der Waals surface area contributed by atoms with Gasteiger partial charge in [0.2, 0.25) is 0 Å². The second-order valence-electron chi connectivity index (χ2n) is 3.92. The summed E-state index contributed by atoms with van der Waals surface area (Å²) in [4.78, 5) is 21.9. The first kappa shape index (κ1) is 13.2. The maximum atomic E-state index is 11.3. The molecule has 17 heavy (non-hydrogen) atoms. The Morgan fingerprint density at radius 1 is 1.29 bits per heavy atom. The predicted molar refractivity (Wildman–Crippen MR) is 62.3 cm³/mol. The van der Waals surface area contributed by atoms with E-state index in [-0.39, 0.29) is 19.0 Å². The molecule has 1 N–H and O–H groups in total. The highest BCUT2D eigenvalue weighted by Crippen LogP contribution is 2.08. The van der Waals surface area contributed by atoms with Crippen LogP contribution >= 0.6 is 0 Å². The fourth-order valence-electron chi connectivity index (χ4n) is 1.27. The van der Waals surface area contributed by atoms with E-state index in [2.05, 4.69) is 0 Å². The van der Waals surface area contributed by atoms with Gasteiger partial charge in [-0.3, -0.25) is 9.59 Å². The Kier molecular flexibility index (Phi) is 5.20. The Morgan fingerprint density at radius 3 is 2.53 bits per heavy atom. The van der Waals surface area contributed by atoms with Gasteiger partial charge in [0.1, 0.15) is 6.61 Å². The third-order valence-corrected chi connectivity index (χ3v) is 2.45. The third-order valence-electron chi connectivity index (χ3n) is 2.45. The highest BCUT2D eigenvalue weighted by Gasteiger charge is 2.13. The van der Waals surface area contributed by atoms with Gasteiger partial charge in [0.25, 0.3) is 0 Å². The van der Waals surface area contributed by atoms with Crippen molar-refractivity contribution in [2.45, 2.75) is 26.4 Å². The molecule has 92 valence electrons. The average molecular weight is 236 g/mol. The molecule has 1 aromatic carbocycles. The van der Waals surface area contributed by atoms with E-state index >= 15 is 0 Å². The van der Waals surface area contributed by atoms with Crippen LogP contribution in [-0.2, 0) is 20.9 Å². The number of esters is 1. The maximum Gasteiger partial charge on any atom is 0.306 e. The van der Waals surface area contributed by atoms with E-state index in [9.17, 15) is 9.59 Å². The number of hydrogen-bond acceptors (Lipinski definition) is 3. The number of carbonyl (C=O) groups is 2. The molecular weight excluding hydrogens is 220 g/mol. The van der Waals surface area contributed by atoms with Crippen LogP contribution in [0.4, 0.5) is 0 Å². The van der Waals surface area contributed by atoms with Crippen molar-refractivity contribution in [3.05, 3.63) is 35.9 Å². The van der Waals surface area contributed by atoms with Crippen LogP contribution in [-0.4, -0.2) is 17.0 Å². The lowest BCUT2D eigenvalue weighted by molar-refractivity contribution is -0.146. The molecule has 0 amide bonds. The fourth-order valence-corrected chi connectivity index (χ4v) is 1.27. The zero-order valence-electron chi connectivity index (χ0n) is 9.76. The van der Waals surface area contributed by atoms with E-state index in [1.54, 1.807) is 6.92 Å². The number of carboxylic acids is 1. The van der Waals surface area contributed by atoms with Crippen LogP contribution in [0.25, 0.3) is 0 Å². The molecular formula is C13H16O4. The minimum absolute atomic E-state index is 0.139. The first-order valence-electron chi connectivity index (χ1n) is 5.52. The monoisotopic (exact) mass is 236 g/mol. The molecule has 1 atom stereocenters. The summed E-state index contributed by atoms with van der Waals surface area (Å²) in [7, 11) is 0. The number of hydrogen-bond donors (Lipinski definition) is 1. The van der Waals surface area contributed by atoms with Crippen molar-refractivity contribution < 1.29 is 19.4 Å². The molecule has 0 saturated heterocycles. The summed E-state index contributed by atoms with van der Waals surface area (Å²) in [5.41, 5.74) is 0.923. The predicted octanol–water partition coefficient (Wildman–Crippen LogP) is 2.23. The van der Waals surface area contributed by atoms with Gasteiger partial charge in [0.15, 0.2) is 0 Å². The largest absolute Gasteiger partial charge is 0.481 e. The Bertz CT molecular complexity index is 372. The number of rotatable bonds is 6. The molecule has 0 aliphatic rings. The molecule has 1 rings (SSSR count). The van der Waals surface area contributed by atoms with Crippen molar-refractivity contribution in [3.63, 3.8) is 0 Å². The lowest BCUT2D eigenvalue weighted by Crippen LogP contribution is -2.12. The van der Waals surface area contributed by atoms with Gasteiger partial charge < -0.3 is 9.84 Å². The van der Waals surface area contributed by atoms with Crippen LogP contribution < -0.4 is 0 Å². The minimum atomic E-state index is -0.888. The maximum absolute atomic E-state index is 11.3. The molecule has 0 aliphatic carbocycles. The van der Waals surface area contributed by atoms with Gasteiger partial charge in [-0.15, -0.1) is 0 Å². The van der Waals surface area contributed by atoms with Crippen LogP contribution in [0.1, 0.15) is 25.3 Å². The third kappa shape index (κ3) is 5.15. The molecule has 0 heterocycles. The van der Waals surface area contributed by atoms with Crippen LogP contribution in [0.15, 0.2) is 30.3 Å². The number of benzene rings is 1. The molecule has 0 spiro atoms. The zero-order valence-corrected chi connectivity index (χ0v) is 9.76. The summed E-state index contributed by atoms with van der Waals surface area (Å²) in [6, 6.07) is 9.37. The summed E-state index contributed by atoms with van der Waals surface area (Å²) >= 11 is 0. The van der Waals surface area contributed by atoms with Crippen molar-refractivity contribution in [3.8, 4) is 0 Å². The number of carboxylic acid groups (broad SMARTS) is 1. The van der Waals surface area contributed by atoms with Gasteiger partial charge in [-0.05, 0) is 12.0 Å². The van der Waals surface area contributed by atoms with Gasteiger partial charge in [-0.25, -0.2) is 0 Å². The molecule has 0 aromatic heterocycles. The summed E-state index contributed by atoms with van der Waals surface area (Å²) in [6.07, 6.45) is 0.448. The lowest BCUT2D eigenvalue weighted by Gasteiger charge is -2.06. The SMILES string of the molecule is C[C@H](CCC(=O)OCc1ccccc1)C(=O)O. The van der Waals surface area contributed by atoms with E-state index in [0.717, 1.165) is 5.56 Å². The summed E-state index contributed by atoms with van der Waals surface area (Å²) < 4.78 is 5.03. The van der Waals surface area contributed by atoms with Crippen molar-refractivity contribution in [2.24, 2.45) is 5.92 Å². The van der Waals surface area contributed by atoms with Crippen molar-refractivity contribution in [2.75, 3.05) is 0 Å². The lowest BCUT2D eigenvalue weighted by atomic mass is 10.1. The average Bonchev–Trinajstić information content (AvgIpc) is 2.34. The van der Waals surface area contributed by atoms with Gasteiger partial charge in [-0.2, -0.15) is 0 Å². The van der Waals surface area contributed by atoms with Crippen molar-refractivity contribution >= 4 is 11.9 Å². The van der Waals surface area contributed by atoms with Gasteiger partial charge >= 0.3 is 11.9 Å². The number of carbonyl (C=O) groups excluding carboxylic acids is 1. The normalized spacial score (nSPS) is 11.8. The summed E-state index contributed by atoms with van der Waals surface area (Å²) in [5.74, 6) is -1.76. The van der Waals surface area contributed by atoms with Gasteiger partial charge in [0.05, 0.1) is 5.92 Å². The standard InChI is InChI=1S/C13H16O4/c1-10(13(15)16)7-8-12(14)17-9-11-5-3-2-4-6-11/h2-6,10H,7-9H2,1H3,(H,15,16)/t10-/m1/s1. The quantitative estimate of drug-likeness (QED) is 0.769. The van der Waals surface area contributed by atoms with E-state index in [1.807, 2.05) is 30.3 Å². The van der Waals surface area contributed by atoms with E-state index in [4.69, 9.17) is 9.84 Å². The molecule has 4 nitrogen and oxygen atoms in total. The number of aliphatic carboxylic acids is 1. The molecule has 0 unspecified atom stereocenters. The Labute approximate surface area is 100 Å².